The third-order valence-corrected chi connectivity index (χ3v) is 7.50. The zero-order chi connectivity index (χ0) is 23.3. The summed E-state index contributed by atoms with van der Waals surface area (Å²) in [5.41, 5.74) is 2.92. The molecule has 1 saturated heterocycles. The van der Waals surface area contributed by atoms with Gasteiger partial charge in [0.2, 0.25) is 0 Å². The third-order valence-electron chi connectivity index (χ3n) is 6.58. The number of carbonyl (C=O) groups excluding carboxylic acids is 1. The molecule has 0 saturated carbocycles. The summed E-state index contributed by atoms with van der Waals surface area (Å²) in [6.07, 6.45) is 2.30. The topological polar surface area (TPSA) is 48.5 Å². The third kappa shape index (κ3) is 5.13. The van der Waals surface area contributed by atoms with E-state index in [1.807, 2.05) is 47.7 Å². The van der Waals surface area contributed by atoms with Crippen molar-refractivity contribution in [1.29, 1.82) is 0 Å². The molecule has 174 valence electrons. The Labute approximate surface area is 205 Å². The average molecular weight is 471 g/mol. The molecule has 4 aromatic rings. The van der Waals surface area contributed by atoms with E-state index in [-0.39, 0.29) is 5.91 Å². The minimum Gasteiger partial charge on any atom is -0.350 e. The van der Waals surface area contributed by atoms with Crippen molar-refractivity contribution in [3.05, 3.63) is 89.4 Å². The Bertz CT molecular complexity index is 1250. The molecule has 0 bridgehead atoms. The minimum absolute atomic E-state index is 0.0878. The van der Waals surface area contributed by atoms with E-state index in [0.717, 1.165) is 43.3 Å². The highest BCUT2D eigenvalue weighted by Crippen LogP contribution is 2.27. The van der Waals surface area contributed by atoms with Crippen LogP contribution < -0.4 is 10.2 Å². The number of hydrogen-bond acceptors (Lipinski definition) is 5. The van der Waals surface area contributed by atoms with Crippen molar-refractivity contribution in [3.63, 3.8) is 0 Å². The zero-order valence-electron chi connectivity index (χ0n) is 19.5. The Morgan fingerprint density at radius 1 is 1.09 bits per heavy atom. The average Bonchev–Trinajstić information content (AvgIpc) is 3.38. The monoisotopic (exact) mass is 470 g/mol. The molecule has 0 spiro atoms. The second-order valence-electron chi connectivity index (χ2n) is 9.00. The predicted octanol–water partition coefficient (Wildman–Crippen LogP) is 5.71. The van der Waals surface area contributed by atoms with Crippen molar-refractivity contribution in [2.45, 2.75) is 19.4 Å². The largest absolute Gasteiger partial charge is 0.350 e. The number of nitrogens with one attached hydrogen (secondary N) is 1. The second kappa shape index (κ2) is 10.4. The Morgan fingerprint density at radius 2 is 1.88 bits per heavy atom. The first-order valence-electron chi connectivity index (χ1n) is 11.9. The van der Waals surface area contributed by atoms with Crippen molar-refractivity contribution in [3.8, 4) is 0 Å². The lowest BCUT2D eigenvalue weighted by molar-refractivity contribution is 0.0926. The number of thiazole rings is 1. The van der Waals surface area contributed by atoms with Crippen LogP contribution in [0.2, 0.25) is 0 Å². The number of amides is 1. The summed E-state index contributed by atoms with van der Waals surface area (Å²) in [7, 11) is 1.97. The number of rotatable bonds is 7. The number of hydrogen-bond donors (Lipinski definition) is 1. The highest BCUT2D eigenvalue weighted by atomic mass is 32.1. The van der Waals surface area contributed by atoms with Gasteiger partial charge in [0, 0.05) is 37.7 Å². The fraction of sp³-hybridized carbons (Fsp3) is 0.286. The number of piperidine rings is 1. The first-order chi connectivity index (χ1) is 16.7. The van der Waals surface area contributed by atoms with Gasteiger partial charge in [-0.05, 0) is 53.8 Å². The molecule has 34 heavy (non-hydrogen) atoms. The summed E-state index contributed by atoms with van der Waals surface area (Å²) in [6, 6.07) is 25.2. The van der Waals surface area contributed by atoms with E-state index in [4.69, 9.17) is 0 Å². The van der Waals surface area contributed by atoms with Gasteiger partial charge < -0.3 is 10.2 Å². The highest BCUT2D eigenvalue weighted by molar-refractivity contribution is 7.14. The molecule has 1 fully saturated rings. The Kier molecular flexibility index (Phi) is 6.88. The van der Waals surface area contributed by atoms with Crippen LogP contribution in [0.4, 0.5) is 10.8 Å². The first-order valence-corrected chi connectivity index (χ1v) is 12.8. The molecular formula is C28H30N4OS. The number of aromatic nitrogens is 1. The van der Waals surface area contributed by atoms with E-state index in [0.29, 0.717) is 18.2 Å². The summed E-state index contributed by atoms with van der Waals surface area (Å²) in [5, 5.41) is 8.42. The standard InChI is InChI=1S/C28H30N4OS/c1-31(24-13-3-2-4-14-24)28-30-26(20-34-28)27(33)29-17-21-9-8-16-32(18-21)19-23-12-7-11-22-10-5-6-15-25(22)23/h2-7,10-15,20-21H,8-9,16-19H2,1H3,(H,29,33)/t21-/m0/s1. The van der Waals surface area contributed by atoms with Gasteiger partial charge in [0.15, 0.2) is 5.13 Å². The van der Waals surface area contributed by atoms with Gasteiger partial charge in [-0.15, -0.1) is 11.3 Å². The van der Waals surface area contributed by atoms with E-state index in [9.17, 15) is 4.79 Å². The highest BCUT2D eigenvalue weighted by Gasteiger charge is 2.22. The number of fused-ring (bicyclic) bond motifs is 1. The number of likely N-dealkylation sites (tertiary alicyclic amines) is 1. The summed E-state index contributed by atoms with van der Waals surface area (Å²) < 4.78 is 0. The van der Waals surface area contributed by atoms with Gasteiger partial charge in [-0.1, -0.05) is 60.7 Å². The maximum absolute atomic E-state index is 12.8. The van der Waals surface area contributed by atoms with Crippen LogP contribution in [0.25, 0.3) is 10.8 Å². The molecule has 3 aromatic carbocycles. The molecule has 0 unspecified atom stereocenters. The van der Waals surface area contributed by atoms with E-state index in [1.165, 1.54) is 27.7 Å². The van der Waals surface area contributed by atoms with E-state index in [2.05, 4.69) is 57.7 Å². The number of nitrogens with zero attached hydrogens (tertiary/aromatic N) is 3. The van der Waals surface area contributed by atoms with Crippen LogP contribution in [-0.2, 0) is 6.54 Å². The molecule has 0 aliphatic carbocycles. The fourth-order valence-corrected chi connectivity index (χ4v) is 5.54. The van der Waals surface area contributed by atoms with Crippen molar-refractivity contribution >= 4 is 38.8 Å². The number of para-hydroxylation sites is 1. The van der Waals surface area contributed by atoms with Gasteiger partial charge in [0.05, 0.1) is 0 Å². The van der Waals surface area contributed by atoms with Crippen LogP contribution in [0.15, 0.2) is 78.2 Å². The number of carbonyl (C=O) groups is 1. The van der Waals surface area contributed by atoms with Crippen LogP contribution in [-0.4, -0.2) is 42.5 Å². The smallest absolute Gasteiger partial charge is 0.270 e. The molecule has 1 amide bonds. The minimum atomic E-state index is -0.0878. The van der Waals surface area contributed by atoms with Gasteiger partial charge >= 0.3 is 0 Å². The molecule has 1 aliphatic rings. The first kappa shape index (κ1) is 22.6. The molecule has 0 radical (unpaired) electrons. The normalized spacial score (nSPS) is 16.4. The molecule has 1 N–H and O–H groups in total. The molecule has 1 atom stereocenters. The summed E-state index contributed by atoms with van der Waals surface area (Å²) in [5.74, 6) is 0.368. The molecular weight excluding hydrogens is 440 g/mol. The van der Waals surface area contributed by atoms with Crippen LogP contribution >= 0.6 is 11.3 Å². The van der Waals surface area contributed by atoms with Crippen molar-refractivity contribution in [2.24, 2.45) is 5.92 Å². The predicted molar refractivity (Wildman–Crippen MR) is 141 cm³/mol. The Morgan fingerprint density at radius 3 is 2.76 bits per heavy atom. The van der Waals surface area contributed by atoms with Gasteiger partial charge in [-0.25, -0.2) is 4.98 Å². The lowest BCUT2D eigenvalue weighted by atomic mass is 9.96. The molecule has 5 nitrogen and oxygen atoms in total. The van der Waals surface area contributed by atoms with Crippen LogP contribution in [0.1, 0.15) is 28.9 Å². The summed E-state index contributed by atoms with van der Waals surface area (Å²) in [4.78, 5) is 21.9. The van der Waals surface area contributed by atoms with Gasteiger partial charge in [0.1, 0.15) is 5.69 Å². The Hall–Kier alpha value is -3.22. The maximum atomic E-state index is 12.8. The van der Waals surface area contributed by atoms with Gasteiger partial charge in [-0.2, -0.15) is 0 Å². The Balaban J connectivity index is 1.16. The summed E-state index contributed by atoms with van der Waals surface area (Å²) in [6.45, 7) is 3.75. The van der Waals surface area contributed by atoms with Crippen molar-refractivity contribution in [1.82, 2.24) is 15.2 Å². The molecule has 1 aliphatic heterocycles. The van der Waals surface area contributed by atoms with Crippen molar-refractivity contribution < 1.29 is 4.79 Å². The molecule has 2 heterocycles. The van der Waals surface area contributed by atoms with Gasteiger partial charge in [0.25, 0.3) is 5.91 Å². The lowest BCUT2D eigenvalue weighted by Gasteiger charge is -2.33. The zero-order valence-corrected chi connectivity index (χ0v) is 20.3. The van der Waals surface area contributed by atoms with Crippen LogP contribution in [0.5, 0.6) is 0 Å². The van der Waals surface area contributed by atoms with E-state index < -0.39 is 0 Å². The fourth-order valence-electron chi connectivity index (χ4n) is 4.75. The SMILES string of the molecule is CN(c1ccccc1)c1nc(C(=O)NC[C@@H]2CCCN(Cc3cccc4ccccc34)C2)cs1. The van der Waals surface area contributed by atoms with Crippen LogP contribution in [0.3, 0.4) is 0 Å². The molecule has 6 heteroatoms. The molecule has 5 rings (SSSR count). The second-order valence-corrected chi connectivity index (χ2v) is 9.84. The lowest BCUT2D eigenvalue weighted by Crippen LogP contribution is -2.40. The van der Waals surface area contributed by atoms with Gasteiger partial charge in [-0.3, -0.25) is 9.69 Å². The quantitative estimate of drug-likeness (QED) is 0.376. The van der Waals surface area contributed by atoms with E-state index >= 15 is 0 Å². The van der Waals surface area contributed by atoms with E-state index in [1.54, 1.807) is 0 Å². The number of anilines is 2. The molecule has 1 aromatic heterocycles. The van der Waals surface area contributed by atoms with Crippen LogP contribution in [0, 0.1) is 5.92 Å². The maximum Gasteiger partial charge on any atom is 0.270 e. The number of benzene rings is 3. The summed E-state index contributed by atoms with van der Waals surface area (Å²) >= 11 is 1.49. The van der Waals surface area contributed by atoms with Crippen molar-refractivity contribution in [2.75, 3.05) is 31.6 Å².